The van der Waals surface area contributed by atoms with Gasteiger partial charge in [-0.3, -0.25) is 0 Å². The summed E-state index contributed by atoms with van der Waals surface area (Å²) in [5.41, 5.74) is 5.94. The topological polar surface area (TPSA) is 48.4 Å². The number of para-hydroxylation sites is 1. The average Bonchev–Trinajstić information content (AvgIpc) is 2.74. The Hall–Kier alpha value is -1.74. The van der Waals surface area contributed by atoms with Crippen molar-refractivity contribution in [1.29, 1.82) is 0 Å². The van der Waals surface area contributed by atoms with Crippen LogP contribution in [-0.2, 0) is 0 Å². The number of rotatable bonds is 4. The highest BCUT2D eigenvalue weighted by Crippen LogP contribution is 2.16. The van der Waals surface area contributed by atoms with Crippen LogP contribution in [0, 0.1) is 6.92 Å². The molecule has 0 saturated heterocycles. The summed E-state index contributed by atoms with van der Waals surface area (Å²) >= 11 is 0. The summed E-state index contributed by atoms with van der Waals surface area (Å²) in [5.74, 6) is 2.44. The lowest BCUT2D eigenvalue weighted by atomic mass is 10.2. The molecule has 1 aromatic carbocycles. The first-order valence-electron chi connectivity index (χ1n) is 5.25. The van der Waals surface area contributed by atoms with Gasteiger partial charge in [0.2, 0.25) is 0 Å². The van der Waals surface area contributed by atoms with E-state index >= 15 is 0 Å². The van der Waals surface area contributed by atoms with E-state index in [-0.39, 0.29) is 6.04 Å². The van der Waals surface area contributed by atoms with E-state index in [4.69, 9.17) is 14.9 Å². The second-order valence-corrected chi connectivity index (χ2v) is 3.68. The lowest BCUT2D eigenvalue weighted by Gasteiger charge is -2.10. The molecule has 0 aliphatic rings. The van der Waals surface area contributed by atoms with E-state index in [1.807, 2.05) is 49.4 Å². The molecule has 3 heteroatoms. The van der Waals surface area contributed by atoms with Gasteiger partial charge in [-0.1, -0.05) is 18.2 Å². The Bertz CT molecular complexity index is 436. The fraction of sp³-hybridized carbons (Fsp3) is 0.231. The van der Waals surface area contributed by atoms with E-state index in [2.05, 4.69) is 0 Å². The van der Waals surface area contributed by atoms with Gasteiger partial charge in [-0.2, -0.15) is 0 Å². The summed E-state index contributed by atoms with van der Waals surface area (Å²) in [6.45, 7) is 2.31. The smallest absolute Gasteiger partial charge is 0.124 e. The molecule has 0 saturated carbocycles. The molecular formula is C13H15NO2. The Morgan fingerprint density at radius 2 is 1.94 bits per heavy atom. The van der Waals surface area contributed by atoms with Gasteiger partial charge in [0.05, 0.1) is 6.04 Å². The van der Waals surface area contributed by atoms with Crippen LogP contribution in [0.2, 0.25) is 0 Å². The third-order valence-corrected chi connectivity index (χ3v) is 2.30. The molecule has 84 valence electrons. The first kappa shape index (κ1) is 10.8. The average molecular weight is 217 g/mol. The Morgan fingerprint density at radius 3 is 2.56 bits per heavy atom. The zero-order valence-electron chi connectivity index (χ0n) is 9.22. The molecule has 0 bridgehead atoms. The molecule has 0 spiro atoms. The maximum atomic E-state index is 5.94. The van der Waals surface area contributed by atoms with Gasteiger partial charge in [-0.15, -0.1) is 0 Å². The highest BCUT2D eigenvalue weighted by Gasteiger charge is 2.10. The minimum atomic E-state index is -0.228. The van der Waals surface area contributed by atoms with Crippen LogP contribution in [0.25, 0.3) is 0 Å². The van der Waals surface area contributed by atoms with Crippen molar-refractivity contribution in [2.24, 2.45) is 5.73 Å². The molecule has 16 heavy (non-hydrogen) atoms. The number of nitrogens with two attached hydrogens (primary N) is 1. The summed E-state index contributed by atoms with van der Waals surface area (Å²) in [6, 6.07) is 13.2. The fourth-order valence-corrected chi connectivity index (χ4v) is 1.44. The van der Waals surface area contributed by atoms with Crippen molar-refractivity contribution < 1.29 is 9.15 Å². The van der Waals surface area contributed by atoms with E-state index in [1.165, 1.54) is 0 Å². The quantitative estimate of drug-likeness (QED) is 0.856. The second-order valence-electron chi connectivity index (χ2n) is 3.68. The molecule has 0 aliphatic heterocycles. The van der Waals surface area contributed by atoms with Gasteiger partial charge in [0.25, 0.3) is 0 Å². The van der Waals surface area contributed by atoms with Crippen molar-refractivity contribution in [3.63, 3.8) is 0 Å². The molecule has 2 N–H and O–H groups in total. The van der Waals surface area contributed by atoms with Gasteiger partial charge in [0, 0.05) is 0 Å². The Balaban J connectivity index is 1.91. The molecule has 1 unspecified atom stereocenters. The normalized spacial score (nSPS) is 12.4. The molecule has 0 aliphatic carbocycles. The minimum absolute atomic E-state index is 0.228. The maximum Gasteiger partial charge on any atom is 0.124 e. The predicted molar refractivity (Wildman–Crippen MR) is 62.3 cm³/mol. The van der Waals surface area contributed by atoms with Crippen LogP contribution in [0.4, 0.5) is 0 Å². The molecule has 0 radical (unpaired) electrons. The number of furan rings is 1. The third kappa shape index (κ3) is 2.64. The van der Waals surface area contributed by atoms with Crippen molar-refractivity contribution in [3.8, 4) is 5.75 Å². The maximum absolute atomic E-state index is 5.94. The van der Waals surface area contributed by atoms with E-state index in [0.29, 0.717) is 6.61 Å². The third-order valence-electron chi connectivity index (χ3n) is 2.30. The monoisotopic (exact) mass is 217 g/mol. The van der Waals surface area contributed by atoms with Crippen LogP contribution < -0.4 is 10.5 Å². The summed E-state index contributed by atoms with van der Waals surface area (Å²) < 4.78 is 11.0. The van der Waals surface area contributed by atoms with Crippen molar-refractivity contribution in [2.45, 2.75) is 13.0 Å². The summed E-state index contributed by atoms with van der Waals surface area (Å²) in [5, 5.41) is 0. The Morgan fingerprint density at radius 1 is 1.19 bits per heavy atom. The zero-order valence-corrected chi connectivity index (χ0v) is 9.22. The molecule has 0 amide bonds. The minimum Gasteiger partial charge on any atom is -0.491 e. The standard InChI is InChI=1S/C13H15NO2/c1-10-7-8-13(16-10)12(14)9-15-11-5-3-2-4-6-11/h2-8,12H,9,14H2,1H3. The van der Waals surface area contributed by atoms with Gasteiger partial charge in [-0.25, -0.2) is 0 Å². The van der Waals surface area contributed by atoms with Crippen LogP contribution in [0.5, 0.6) is 5.75 Å². The largest absolute Gasteiger partial charge is 0.491 e. The molecule has 0 fully saturated rings. The van der Waals surface area contributed by atoms with Gasteiger partial charge >= 0.3 is 0 Å². The number of hydrogen-bond donors (Lipinski definition) is 1. The van der Waals surface area contributed by atoms with Crippen molar-refractivity contribution >= 4 is 0 Å². The van der Waals surface area contributed by atoms with Gasteiger partial charge in [0.15, 0.2) is 0 Å². The number of benzene rings is 1. The first-order valence-corrected chi connectivity index (χ1v) is 5.25. The van der Waals surface area contributed by atoms with Gasteiger partial charge in [0.1, 0.15) is 23.9 Å². The van der Waals surface area contributed by atoms with Crippen LogP contribution >= 0.6 is 0 Å². The molecule has 1 heterocycles. The van der Waals surface area contributed by atoms with E-state index < -0.39 is 0 Å². The fourth-order valence-electron chi connectivity index (χ4n) is 1.44. The van der Waals surface area contributed by atoms with Crippen LogP contribution in [-0.4, -0.2) is 6.61 Å². The lowest BCUT2D eigenvalue weighted by Crippen LogP contribution is -2.18. The van der Waals surface area contributed by atoms with E-state index in [9.17, 15) is 0 Å². The van der Waals surface area contributed by atoms with Crippen LogP contribution in [0.3, 0.4) is 0 Å². The Labute approximate surface area is 94.8 Å². The molecule has 2 rings (SSSR count). The van der Waals surface area contributed by atoms with Gasteiger partial charge in [-0.05, 0) is 31.2 Å². The second kappa shape index (κ2) is 4.86. The van der Waals surface area contributed by atoms with E-state index in [0.717, 1.165) is 17.3 Å². The van der Waals surface area contributed by atoms with Crippen LogP contribution in [0.15, 0.2) is 46.9 Å². The van der Waals surface area contributed by atoms with Crippen molar-refractivity contribution in [3.05, 3.63) is 54.0 Å². The molecule has 2 aromatic rings. The highest BCUT2D eigenvalue weighted by atomic mass is 16.5. The molecule has 3 nitrogen and oxygen atoms in total. The number of hydrogen-bond acceptors (Lipinski definition) is 3. The zero-order chi connectivity index (χ0) is 11.4. The lowest BCUT2D eigenvalue weighted by molar-refractivity contribution is 0.271. The van der Waals surface area contributed by atoms with Gasteiger partial charge < -0.3 is 14.9 Å². The summed E-state index contributed by atoms with van der Waals surface area (Å²) in [7, 11) is 0. The molecule has 1 aromatic heterocycles. The molecular weight excluding hydrogens is 202 g/mol. The van der Waals surface area contributed by atoms with E-state index in [1.54, 1.807) is 0 Å². The SMILES string of the molecule is Cc1ccc(C(N)COc2ccccc2)o1. The predicted octanol–water partition coefficient (Wildman–Crippen LogP) is 2.67. The number of ether oxygens (including phenoxy) is 1. The molecule has 1 atom stereocenters. The summed E-state index contributed by atoms with van der Waals surface area (Å²) in [6.07, 6.45) is 0. The Kier molecular flexibility index (Phi) is 3.27. The van der Waals surface area contributed by atoms with Crippen molar-refractivity contribution in [1.82, 2.24) is 0 Å². The number of aryl methyl sites for hydroxylation is 1. The van der Waals surface area contributed by atoms with Crippen molar-refractivity contribution in [2.75, 3.05) is 6.61 Å². The highest BCUT2D eigenvalue weighted by molar-refractivity contribution is 5.21. The summed E-state index contributed by atoms with van der Waals surface area (Å²) in [4.78, 5) is 0. The van der Waals surface area contributed by atoms with Crippen LogP contribution in [0.1, 0.15) is 17.6 Å². The first-order chi connectivity index (χ1) is 7.75.